The van der Waals surface area contributed by atoms with Crippen molar-refractivity contribution in [1.82, 2.24) is 24.6 Å². The first-order valence-electron chi connectivity index (χ1n) is 10.1. The lowest BCUT2D eigenvalue weighted by molar-refractivity contribution is -0.123. The summed E-state index contributed by atoms with van der Waals surface area (Å²) in [6, 6.07) is 9.28. The number of piperidine rings is 1. The Labute approximate surface area is 174 Å². The lowest BCUT2D eigenvalue weighted by atomic mass is 9.82. The minimum absolute atomic E-state index is 0.0138. The van der Waals surface area contributed by atoms with E-state index in [1.54, 1.807) is 48.0 Å². The summed E-state index contributed by atoms with van der Waals surface area (Å²) in [6.45, 7) is 1.67. The minimum atomic E-state index is -0.379. The highest BCUT2D eigenvalue weighted by Crippen LogP contribution is 2.41. The Morgan fingerprint density at radius 2 is 1.80 bits per heavy atom. The predicted octanol–water partition coefficient (Wildman–Crippen LogP) is 2.24. The molecule has 0 aliphatic carbocycles. The molecule has 1 fully saturated rings. The van der Waals surface area contributed by atoms with Crippen molar-refractivity contribution in [3.05, 3.63) is 72.4 Å². The van der Waals surface area contributed by atoms with Gasteiger partial charge in [0.05, 0.1) is 30.3 Å². The van der Waals surface area contributed by atoms with Gasteiger partial charge in [0.1, 0.15) is 5.82 Å². The number of rotatable bonds is 3. The van der Waals surface area contributed by atoms with Gasteiger partial charge in [0.15, 0.2) is 0 Å². The molecule has 0 saturated carbocycles. The molecule has 2 amide bonds. The molecular formula is C22H22N6O2. The highest BCUT2D eigenvalue weighted by Gasteiger charge is 2.46. The number of pyridine rings is 2. The monoisotopic (exact) mass is 402 g/mol. The number of hydrogen-bond donors (Lipinski definition) is 0. The maximum Gasteiger partial charge on any atom is 0.255 e. The van der Waals surface area contributed by atoms with Gasteiger partial charge in [-0.3, -0.25) is 24.5 Å². The van der Waals surface area contributed by atoms with Crippen molar-refractivity contribution in [2.45, 2.75) is 31.3 Å². The third kappa shape index (κ3) is 3.14. The molecule has 2 aliphatic rings. The summed E-state index contributed by atoms with van der Waals surface area (Å²) >= 11 is 0. The maximum absolute atomic E-state index is 13.2. The first-order valence-corrected chi connectivity index (χ1v) is 10.1. The summed E-state index contributed by atoms with van der Waals surface area (Å²) in [5, 5.41) is 4.59. The summed E-state index contributed by atoms with van der Waals surface area (Å²) in [5.41, 5.74) is 1.24. The van der Waals surface area contributed by atoms with Gasteiger partial charge in [-0.05, 0) is 42.7 Å². The molecule has 0 aromatic carbocycles. The molecule has 30 heavy (non-hydrogen) atoms. The van der Waals surface area contributed by atoms with Crippen molar-refractivity contribution >= 4 is 17.6 Å². The van der Waals surface area contributed by atoms with Crippen molar-refractivity contribution in [2.24, 2.45) is 0 Å². The van der Waals surface area contributed by atoms with Crippen LogP contribution in [0.25, 0.3) is 0 Å². The Kier molecular flexibility index (Phi) is 4.54. The third-order valence-electron chi connectivity index (χ3n) is 6.11. The first-order chi connectivity index (χ1) is 14.7. The van der Waals surface area contributed by atoms with E-state index in [2.05, 4.69) is 15.1 Å². The number of fused-ring (bicyclic) bond motifs is 2. The van der Waals surface area contributed by atoms with E-state index in [1.807, 2.05) is 27.8 Å². The van der Waals surface area contributed by atoms with Crippen molar-refractivity contribution in [3.63, 3.8) is 0 Å². The highest BCUT2D eigenvalue weighted by atomic mass is 16.2. The van der Waals surface area contributed by atoms with Crippen LogP contribution < -0.4 is 4.90 Å². The van der Waals surface area contributed by atoms with E-state index in [9.17, 15) is 9.59 Å². The molecule has 0 radical (unpaired) electrons. The van der Waals surface area contributed by atoms with E-state index in [4.69, 9.17) is 0 Å². The number of hydrogen-bond acceptors (Lipinski definition) is 5. The zero-order valence-electron chi connectivity index (χ0n) is 16.5. The number of nitrogens with zero attached hydrogens (tertiary/aromatic N) is 6. The van der Waals surface area contributed by atoms with Gasteiger partial charge in [0, 0.05) is 43.9 Å². The summed E-state index contributed by atoms with van der Waals surface area (Å²) < 4.78 is 2.00. The molecule has 3 aromatic heterocycles. The van der Waals surface area contributed by atoms with Crippen molar-refractivity contribution in [2.75, 3.05) is 18.0 Å². The summed E-state index contributed by atoms with van der Waals surface area (Å²) in [6.07, 6.45) is 10.3. The SMILES string of the molecule is O=C(c1cccnc1)N1CCC2(CC1)CC(=O)N(Cc1ccncc1)c1ccnn12. The van der Waals surface area contributed by atoms with Gasteiger partial charge in [-0.15, -0.1) is 0 Å². The molecule has 152 valence electrons. The minimum Gasteiger partial charge on any atom is -0.338 e. The molecule has 8 heteroatoms. The second-order valence-electron chi connectivity index (χ2n) is 7.87. The normalized spacial score (nSPS) is 17.8. The zero-order chi connectivity index (χ0) is 20.6. The van der Waals surface area contributed by atoms with Crippen LogP contribution in [0.1, 0.15) is 35.2 Å². The van der Waals surface area contributed by atoms with Crippen LogP contribution in [0.2, 0.25) is 0 Å². The molecule has 5 heterocycles. The van der Waals surface area contributed by atoms with Gasteiger partial charge in [-0.1, -0.05) is 0 Å². The molecule has 8 nitrogen and oxygen atoms in total. The van der Waals surface area contributed by atoms with Crippen LogP contribution >= 0.6 is 0 Å². The number of anilines is 1. The summed E-state index contributed by atoms with van der Waals surface area (Å²) in [4.78, 5) is 37.6. The molecule has 0 bridgehead atoms. The van der Waals surface area contributed by atoms with E-state index in [1.165, 1.54) is 0 Å². The smallest absolute Gasteiger partial charge is 0.255 e. The fourth-order valence-corrected chi connectivity index (χ4v) is 4.47. The Bertz CT molecular complexity index is 1060. The molecule has 1 spiro atoms. The van der Waals surface area contributed by atoms with Crippen LogP contribution in [0.15, 0.2) is 61.3 Å². The molecule has 3 aromatic rings. The number of carbonyl (C=O) groups excluding carboxylic acids is 2. The van der Waals surface area contributed by atoms with E-state index in [0.717, 1.165) is 11.4 Å². The van der Waals surface area contributed by atoms with Gasteiger partial charge in [-0.2, -0.15) is 5.10 Å². The van der Waals surface area contributed by atoms with E-state index >= 15 is 0 Å². The fourth-order valence-electron chi connectivity index (χ4n) is 4.47. The molecule has 0 atom stereocenters. The van der Waals surface area contributed by atoms with Gasteiger partial charge >= 0.3 is 0 Å². The molecule has 0 N–H and O–H groups in total. The third-order valence-corrected chi connectivity index (χ3v) is 6.11. The van der Waals surface area contributed by atoms with Crippen molar-refractivity contribution in [3.8, 4) is 0 Å². The largest absolute Gasteiger partial charge is 0.338 e. The van der Waals surface area contributed by atoms with E-state index in [-0.39, 0.29) is 17.4 Å². The topological polar surface area (TPSA) is 84.2 Å². The number of amides is 2. The molecular weight excluding hydrogens is 380 g/mol. The van der Waals surface area contributed by atoms with Crippen LogP contribution in [-0.4, -0.2) is 49.6 Å². The molecule has 0 unspecified atom stereocenters. The number of aromatic nitrogens is 4. The van der Waals surface area contributed by atoms with Crippen LogP contribution in [-0.2, 0) is 16.9 Å². The molecule has 2 aliphatic heterocycles. The van der Waals surface area contributed by atoms with E-state index < -0.39 is 0 Å². The fraction of sp³-hybridized carbons (Fsp3) is 0.318. The van der Waals surface area contributed by atoms with Crippen molar-refractivity contribution < 1.29 is 9.59 Å². The Morgan fingerprint density at radius 1 is 1.00 bits per heavy atom. The second kappa shape index (κ2) is 7.37. The summed E-state index contributed by atoms with van der Waals surface area (Å²) in [7, 11) is 0. The van der Waals surface area contributed by atoms with Crippen molar-refractivity contribution in [1.29, 1.82) is 0 Å². The predicted molar refractivity (Wildman–Crippen MR) is 110 cm³/mol. The quantitative estimate of drug-likeness (QED) is 0.671. The lowest BCUT2D eigenvalue weighted by Crippen LogP contribution is -2.54. The van der Waals surface area contributed by atoms with Gasteiger partial charge in [0.2, 0.25) is 5.91 Å². The van der Waals surface area contributed by atoms with Gasteiger partial charge in [0.25, 0.3) is 5.91 Å². The Balaban J connectivity index is 1.36. The highest BCUT2D eigenvalue weighted by molar-refractivity contribution is 5.95. The van der Waals surface area contributed by atoms with E-state index in [0.29, 0.717) is 44.5 Å². The Hall–Kier alpha value is -3.55. The first kappa shape index (κ1) is 18.5. The van der Waals surface area contributed by atoms with Gasteiger partial charge in [-0.25, -0.2) is 4.68 Å². The zero-order valence-corrected chi connectivity index (χ0v) is 16.5. The summed E-state index contributed by atoms with van der Waals surface area (Å²) in [5.74, 6) is 0.891. The lowest BCUT2D eigenvalue weighted by Gasteiger charge is -2.46. The molecule has 5 rings (SSSR count). The van der Waals surface area contributed by atoms with Crippen LogP contribution in [0.5, 0.6) is 0 Å². The van der Waals surface area contributed by atoms with Crippen LogP contribution in [0.3, 0.4) is 0 Å². The second-order valence-corrected chi connectivity index (χ2v) is 7.87. The average molecular weight is 402 g/mol. The Morgan fingerprint density at radius 3 is 2.53 bits per heavy atom. The van der Waals surface area contributed by atoms with Crippen LogP contribution in [0.4, 0.5) is 5.82 Å². The maximum atomic E-state index is 13.2. The number of likely N-dealkylation sites (tertiary alicyclic amines) is 1. The molecule has 1 saturated heterocycles. The standard InChI is InChI=1S/C22H22N6O2/c29-20-14-22(6-12-26(13-7-22)21(30)18-2-1-8-24-15-18)28-19(5-11-25-28)27(20)16-17-3-9-23-10-4-17/h1-5,8-11,15H,6-7,12-14,16H2. The number of carbonyl (C=O) groups is 2. The van der Waals surface area contributed by atoms with Gasteiger partial charge < -0.3 is 4.90 Å². The van der Waals surface area contributed by atoms with Crippen LogP contribution in [0, 0.1) is 0 Å². The average Bonchev–Trinajstić information content (AvgIpc) is 3.29.